The number of ether oxygens (including phenoxy) is 1. The highest BCUT2D eigenvalue weighted by Gasteiger charge is 2.20. The fourth-order valence-corrected chi connectivity index (χ4v) is 3.96. The molecule has 0 bridgehead atoms. The third-order valence-electron chi connectivity index (χ3n) is 4.94. The van der Waals surface area contributed by atoms with Gasteiger partial charge in [-0.2, -0.15) is 5.26 Å². The number of hydrogen-bond donors (Lipinski definition) is 2. The van der Waals surface area contributed by atoms with Crippen LogP contribution in [0.15, 0.2) is 66.0 Å². The van der Waals surface area contributed by atoms with E-state index in [0.717, 1.165) is 12.1 Å². The fourth-order valence-electron chi connectivity index (χ4n) is 3.34. The Balaban J connectivity index is 1.93. The number of halogens is 1. The maximum absolute atomic E-state index is 13.6. The van der Waals surface area contributed by atoms with Gasteiger partial charge in [0.05, 0.1) is 23.2 Å². The van der Waals surface area contributed by atoms with Gasteiger partial charge >= 0.3 is 5.97 Å². The molecule has 0 fully saturated rings. The fraction of sp³-hybridized carbons (Fsp3) is 0.0400. The van der Waals surface area contributed by atoms with Crippen LogP contribution in [0.5, 0.6) is 5.75 Å². The molecule has 2 N–H and O–H groups in total. The second-order valence-electron chi connectivity index (χ2n) is 7.06. The molecule has 0 saturated heterocycles. The number of thiophene rings is 1. The molecule has 7 nitrogen and oxygen atoms in total. The second kappa shape index (κ2) is 9.52. The minimum absolute atomic E-state index is 0.0411. The van der Waals surface area contributed by atoms with E-state index in [9.17, 15) is 24.3 Å². The number of carbonyl (C=O) groups excluding carboxylic acids is 2. The molecule has 2 aromatic carbocycles. The van der Waals surface area contributed by atoms with E-state index in [1.54, 1.807) is 41.8 Å². The van der Waals surface area contributed by atoms with Gasteiger partial charge in [0.1, 0.15) is 23.2 Å². The van der Waals surface area contributed by atoms with Gasteiger partial charge in [0, 0.05) is 17.2 Å². The van der Waals surface area contributed by atoms with E-state index >= 15 is 0 Å². The normalized spacial score (nSPS) is 10.4. The number of benzene rings is 2. The van der Waals surface area contributed by atoms with Crippen molar-refractivity contribution in [3.05, 3.63) is 87.9 Å². The number of nitrogens with one attached hydrogen (secondary N) is 1. The molecule has 2 heterocycles. The number of anilines is 1. The summed E-state index contributed by atoms with van der Waals surface area (Å²) in [7, 11) is 1.26. The molecule has 2 aromatic heterocycles. The van der Waals surface area contributed by atoms with Crippen LogP contribution < -0.4 is 5.32 Å². The van der Waals surface area contributed by atoms with Gasteiger partial charge in [0.25, 0.3) is 5.91 Å². The van der Waals surface area contributed by atoms with Crippen LogP contribution in [0.2, 0.25) is 0 Å². The number of aromatic hydroxyl groups is 1. The summed E-state index contributed by atoms with van der Waals surface area (Å²) in [5.41, 5.74) is 1.53. The number of nitrogens with zero attached hydrogens (tertiary/aromatic N) is 2. The Bertz CT molecular complexity index is 1450. The summed E-state index contributed by atoms with van der Waals surface area (Å²) in [6, 6.07) is 16.8. The lowest BCUT2D eigenvalue weighted by Gasteiger charge is -2.14. The third kappa shape index (κ3) is 4.48. The van der Waals surface area contributed by atoms with Crippen LogP contribution in [0.25, 0.3) is 22.4 Å². The molecule has 0 radical (unpaired) electrons. The number of methoxy groups -OCH3 is 1. The molecule has 34 heavy (non-hydrogen) atoms. The highest BCUT2D eigenvalue weighted by atomic mass is 32.1. The maximum atomic E-state index is 13.6. The topological polar surface area (TPSA) is 112 Å². The number of hydrogen-bond acceptors (Lipinski definition) is 7. The summed E-state index contributed by atoms with van der Waals surface area (Å²) < 4.78 is 18.3. The molecule has 0 aliphatic carbocycles. The van der Waals surface area contributed by atoms with Crippen molar-refractivity contribution in [3.63, 3.8) is 0 Å². The first-order valence-electron chi connectivity index (χ1n) is 9.89. The summed E-state index contributed by atoms with van der Waals surface area (Å²) in [6.45, 7) is 0. The van der Waals surface area contributed by atoms with Gasteiger partial charge in [-0.15, -0.1) is 11.3 Å². The molecule has 0 spiro atoms. The summed E-state index contributed by atoms with van der Waals surface area (Å²) in [4.78, 5) is 29.6. The van der Waals surface area contributed by atoms with Crippen LogP contribution in [-0.2, 0) is 4.74 Å². The SMILES string of the molecule is COC(=O)c1cccc(-c2cc(-c3ccc(F)cc3O)nc(NC(=O)c3cccs3)c2C#N)c1. The first-order chi connectivity index (χ1) is 16.4. The quantitative estimate of drug-likeness (QED) is 0.384. The van der Waals surface area contributed by atoms with E-state index in [1.807, 2.05) is 0 Å². The zero-order valence-electron chi connectivity index (χ0n) is 17.7. The van der Waals surface area contributed by atoms with Crippen LogP contribution in [0.1, 0.15) is 25.6 Å². The number of nitriles is 1. The number of amides is 1. The molecule has 0 saturated carbocycles. The average Bonchev–Trinajstić information content (AvgIpc) is 3.38. The van der Waals surface area contributed by atoms with Gasteiger partial charge in [-0.05, 0) is 47.3 Å². The van der Waals surface area contributed by atoms with Gasteiger partial charge in [-0.3, -0.25) is 4.79 Å². The van der Waals surface area contributed by atoms with Gasteiger partial charge < -0.3 is 15.2 Å². The predicted octanol–water partition coefficient (Wildman–Crippen LogP) is 5.23. The summed E-state index contributed by atoms with van der Waals surface area (Å²) in [5, 5.41) is 24.7. The molecule has 4 rings (SSSR count). The highest BCUT2D eigenvalue weighted by Crippen LogP contribution is 2.36. The number of phenolic OH excluding ortho intramolecular Hbond substituents is 1. The molecular weight excluding hydrogens is 457 g/mol. The van der Waals surface area contributed by atoms with Crippen molar-refractivity contribution < 1.29 is 23.8 Å². The number of esters is 1. The van der Waals surface area contributed by atoms with Gasteiger partial charge in [0.15, 0.2) is 5.82 Å². The Kier molecular flexibility index (Phi) is 6.34. The molecule has 0 atom stereocenters. The van der Waals surface area contributed by atoms with Crippen molar-refractivity contribution >= 4 is 29.0 Å². The number of carbonyl (C=O) groups is 2. The van der Waals surface area contributed by atoms with Crippen molar-refractivity contribution in [1.29, 1.82) is 5.26 Å². The first-order valence-corrected chi connectivity index (χ1v) is 10.8. The average molecular weight is 473 g/mol. The monoisotopic (exact) mass is 473 g/mol. The molecule has 168 valence electrons. The van der Waals surface area contributed by atoms with Crippen LogP contribution in [0, 0.1) is 17.1 Å². The zero-order valence-corrected chi connectivity index (χ0v) is 18.5. The third-order valence-corrected chi connectivity index (χ3v) is 5.81. The zero-order chi connectivity index (χ0) is 24.2. The first kappa shape index (κ1) is 22.6. The largest absolute Gasteiger partial charge is 0.507 e. The smallest absolute Gasteiger partial charge is 0.337 e. The molecule has 0 unspecified atom stereocenters. The number of pyridine rings is 1. The Morgan fingerprint density at radius 3 is 2.62 bits per heavy atom. The summed E-state index contributed by atoms with van der Waals surface area (Å²) in [5.74, 6) is -2.06. The summed E-state index contributed by atoms with van der Waals surface area (Å²) in [6.07, 6.45) is 0. The van der Waals surface area contributed by atoms with Crippen LogP contribution in [-0.4, -0.2) is 29.1 Å². The van der Waals surface area contributed by atoms with Crippen molar-refractivity contribution in [1.82, 2.24) is 4.98 Å². The van der Waals surface area contributed by atoms with E-state index in [2.05, 4.69) is 16.4 Å². The lowest BCUT2D eigenvalue weighted by molar-refractivity contribution is 0.0600. The minimum Gasteiger partial charge on any atom is -0.507 e. The van der Waals surface area contributed by atoms with Gasteiger partial charge in [-0.1, -0.05) is 18.2 Å². The van der Waals surface area contributed by atoms with E-state index in [1.165, 1.54) is 30.6 Å². The lowest BCUT2D eigenvalue weighted by Crippen LogP contribution is -2.13. The van der Waals surface area contributed by atoms with E-state index in [0.29, 0.717) is 16.0 Å². The lowest BCUT2D eigenvalue weighted by atomic mass is 9.96. The second-order valence-corrected chi connectivity index (χ2v) is 8.00. The molecule has 4 aromatic rings. The molecular formula is C25H16FN3O4S. The number of aromatic nitrogens is 1. The molecule has 0 aliphatic heterocycles. The molecule has 9 heteroatoms. The van der Waals surface area contributed by atoms with E-state index in [-0.39, 0.29) is 34.0 Å². The van der Waals surface area contributed by atoms with Gasteiger partial charge in [-0.25, -0.2) is 14.2 Å². The Morgan fingerprint density at radius 1 is 1.12 bits per heavy atom. The minimum atomic E-state index is -0.632. The maximum Gasteiger partial charge on any atom is 0.337 e. The number of rotatable bonds is 5. The van der Waals surface area contributed by atoms with Crippen LogP contribution >= 0.6 is 11.3 Å². The van der Waals surface area contributed by atoms with Crippen molar-refractivity contribution in [2.75, 3.05) is 12.4 Å². The molecule has 1 amide bonds. The van der Waals surface area contributed by atoms with Crippen LogP contribution in [0.3, 0.4) is 0 Å². The van der Waals surface area contributed by atoms with Crippen LogP contribution in [0.4, 0.5) is 10.2 Å². The van der Waals surface area contributed by atoms with Gasteiger partial charge in [0.2, 0.25) is 0 Å². The summed E-state index contributed by atoms with van der Waals surface area (Å²) >= 11 is 1.22. The Morgan fingerprint density at radius 2 is 1.94 bits per heavy atom. The molecule has 0 aliphatic rings. The van der Waals surface area contributed by atoms with Crippen molar-refractivity contribution in [3.8, 4) is 34.2 Å². The van der Waals surface area contributed by atoms with E-state index in [4.69, 9.17) is 4.74 Å². The highest BCUT2D eigenvalue weighted by molar-refractivity contribution is 7.12. The number of phenols is 1. The van der Waals surface area contributed by atoms with Crippen molar-refractivity contribution in [2.24, 2.45) is 0 Å². The Labute approximate surface area is 197 Å². The predicted molar refractivity (Wildman–Crippen MR) is 125 cm³/mol. The van der Waals surface area contributed by atoms with Crippen molar-refractivity contribution in [2.45, 2.75) is 0 Å². The van der Waals surface area contributed by atoms with E-state index < -0.39 is 17.7 Å². The standard InChI is InChI=1S/C25H16FN3O4S/c1-33-25(32)15-5-2-4-14(10-15)18-12-20(17-8-7-16(26)11-21(17)30)28-23(19(18)13-27)29-24(31)22-6-3-9-34-22/h2-12,30H,1H3,(H,28,29,31). The Hall–Kier alpha value is -4.55.